The summed E-state index contributed by atoms with van der Waals surface area (Å²) in [6.07, 6.45) is 6.97. The van der Waals surface area contributed by atoms with Gasteiger partial charge in [0.25, 0.3) is 0 Å². The van der Waals surface area contributed by atoms with Crippen LogP contribution in [-0.4, -0.2) is 33.1 Å². The second-order valence-electron chi connectivity index (χ2n) is 6.36. The number of rotatable bonds is 8. The molecule has 21 heavy (non-hydrogen) atoms. The number of aromatic nitrogens is 3. The summed E-state index contributed by atoms with van der Waals surface area (Å²) in [7, 11) is 1.85. The molecule has 1 aromatic heterocycles. The van der Waals surface area contributed by atoms with E-state index >= 15 is 0 Å². The lowest BCUT2D eigenvalue weighted by Gasteiger charge is -2.20. The molecule has 1 heterocycles. The molecule has 1 aromatic rings. The van der Waals surface area contributed by atoms with Gasteiger partial charge >= 0.3 is 0 Å². The molecular weight excluding hydrogens is 282 g/mol. The van der Waals surface area contributed by atoms with E-state index in [0.29, 0.717) is 12.0 Å². The Balaban J connectivity index is 1.55. The molecule has 0 bridgehead atoms. The van der Waals surface area contributed by atoms with Gasteiger partial charge in [0.2, 0.25) is 0 Å². The van der Waals surface area contributed by atoms with E-state index in [2.05, 4.69) is 26.2 Å². The summed E-state index contributed by atoms with van der Waals surface area (Å²) >= 11 is 1.80. The topological polar surface area (TPSA) is 66.5 Å². The van der Waals surface area contributed by atoms with Crippen LogP contribution in [0.25, 0.3) is 0 Å². The highest BCUT2D eigenvalue weighted by atomic mass is 32.2. The van der Waals surface area contributed by atoms with Crippen molar-refractivity contribution >= 4 is 11.8 Å². The first-order valence-electron chi connectivity index (χ1n) is 7.84. The zero-order valence-electron chi connectivity index (χ0n) is 12.8. The van der Waals surface area contributed by atoms with E-state index in [9.17, 15) is 0 Å². The molecule has 5 nitrogen and oxygen atoms in total. The highest BCUT2D eigenvalue weighted by molar-refractivity contribution is 7.99. The summed E-state index contributed by atoms with van der Waals surface area (Å²) in [6, 6.07) is 2.99. The molecule has 0 aliphatic heterocycles. The van der Waals surface area contributed by atoms with Crippen molar-refractivity contribution in [3.05, 3.63) is 5.82 Å². The van der Waals surface area contributed by atoms with Gasteiger partial charge in [-0.2, -0.15) is 5.26 Å². The molecule has 1 N–H and O–H groups in total. The van der Waals surface area contributed by atoms with Crippen molar-refractivity contribution in [1.82, 2.24) is 20.1 Å². The van der Waals surface area contributed by atoms with E-state index in [0.717, 1.165) is 23.8 Å². The van der Waals surface area contributed by atoms with Crippen LogP contribution < -0.4 is 5.32 Å². The van der Waals surface area contributed by atoms with Crippen LogP contribution in [0.3, 0.4) is 0 Å². The van der Waals surface area contributed by atoms with Crippen LogP contribution in [-0.2, 0) is 0 Å². The van der Waals surface area contributed by atoms with Crippen LogP contribution in [0.2, 0.25) is 0 Å². The van der Waals surface area contributed by atoms with Crippen LogP contribution in [0.5, 0.6) is 0 Å². The normalized spacial score (nSPS) is 21.0. The maximum atomic E-state index is 9.15. The third-order valence-electron chi connectivity index (χ3n) is 4.40. The molecule has 2 aliphatic carbocycles. The minimum Gasteiger partial charge on any atom is -0.303 e. The molecule has 0 spiro atoms. The molecule has 1 unspecified atom stereocenters. The van der Waals surface area contributed by atoms with Gasteiger partial charge in [0, 0.05) is 17.7 Å². The van der Waals surface area contributed by atoms with Gasteiger partial charge in [-0.3, -0.25) is 0 Å². The number of nitrogens with one attached hydrogen (secondary N) is 1. The second kappa shape index (κ2) is 5.98. The lowest BCUT2D eigenvalue weighted by atomic mass is 9.99. The van der Waals surface area contributed by atoms with Crippen LogP contribution in [0.15, 0.2) is 5.16 Å². The minimum atomic E-state index is -0.413. The summed E-state index contributed by atoms with van der Waals surface area (Å²) in [5.74, 6) is 2.88. The Bertz CT molecular complexity index is 541. The Morgan fingerprint density at radius 2 is 2.14 bits per heavy atom. The fourth-order valence-electron chi connectivity index (χ4n) is 2.51. The Morgan fingerprint density at radius 3 is 2.71 bits per heavy atom. The van der Waals surface area contributed by atoms with Crippen molar-refractivity contribution in [2.45, 2.75) is 68.1 Å². The smallest absolute Gasteiger partial charge is 0.191 e. The largest absolute Gasteiger partial charge is 0.303 e. The van der Waals surface area contributed by atoms with Gasteiger partial charge in [0.05, 0.1) is 6.07 Å². The zero-order valence-corrected chi connectivity index (χ0v) is 13.6. The van der Waals surface area contributed by atoms with Crippen molar-refractivity contribution in [1.29, 1.82) is 5.26 Å². The van der Waals surface area contributed by atoms with Gasteiger partial charge < -0.3 is 9.88 Å². The molecule has 0 aromatic carbocycles. The van der Waals surface area contributed by atoms with Crippen LogP contribution >= 0.6 is 11.8 Å². The van der Waals surface area contributed by atoms with Gasteiger partial charge in [-0.15, -0.1) is 10.2 Å². The second-order valence-corrected chi connectivity index (χ2v) is 7.42. The minimum absolute atomic E-state index is 0.413. The molecule has 3 rings (SSSR count). The summed E-state index contributed by atoms with van der Waals surface area (Å²) in [5, 5.41) is 22.2. The van der Waals surface area contributed by atoms with E-state index < -0.39 is 5.54 Å². The van der Waals surface area contributed by atoms with Crippen LogP contribution in [0, 0.1) is 11.3 Å². The first-order valence-corrected chi connectivity index (χ1v) is 8.83. The molecule has 6 heteroatoms. The first kappa shape index (κ1) is 14.9. The van der Waals surface area contributed by atoms with Crippen molar-refractivity contribution in [3.8, 4) is 6.07 Å². The Hall–Kier alpha value is -1.06. The monoisotopic (exact) mass is 305 g/mol. The van der Waals surface area contributed by atoms with Crippen molar-refractivity contribution in [3.63, 3.8) is 0 Å². The fourth-order valence-corrected chi connectivity index (χ4v) is 3.46. The Morgan fingerprint density at radius 1 is 1.38 bits per heavy atom. The van der Waals surface area contributed by atoms with Crippen LogP contribution in [0.1, 0.15) is 63.2 Å². The highest BCUT2D eigenvalue weighted by Gasteiger charge is 2.36. The molecule has 1 atom stereocenters. The first-order chi connectivity index (χ1) is 10.2. The maximum absolute atomic E-state index is 9.15. The van der Waals surface area contributed by atoms with Crippen molar-refractivity contribution < 1.29 is 0 Å². The van der Waals surface area contributed by atoms with E-state index in [1.807, 2.05) is 14.0 Å². The van der Waals surface area contributed by atoms with Gasteiger partial charge in [-0.1, -0.05) is 11.8 Å². The van der Waals surface area contributed by atoms with Gasteiger partial charge in [0.1, 0.15) is 11.4 Å². The molecule has 0 saturated heterocycles. The molecular formula is C15H23N5S. The SMILES string of the molecule is CNC(C)(C#N)CCCSc1nnc(C2CC2)n1C1CC1. The molecule has 0 radical (unpaired) electrons. The van der Waals surface area contributed by atoms with E-state index in [-0.39, 0.29) is 0 Å². The quantitative estimate of drug-likeness (QED) is 0.591. The lowest BCUT2D eigenvalue weighted by molar-refractivity contribution is 0.451. The standard InChI is InChI=1S/C15H23N5S/c1-15(10-16,17-2)8-3-9-21-14-19-18-13(11-4-5-11)20(14)12-6-7-12/h11-12,17H,3-9H2,1-2H3. The Labute approximate surface area is 130 Å². The van der Waals surface area contributed by atoms with Crippen LogP contribution in [0.4, 0.5) is 0 Å². The Kier molecular flexibility index (Phi) is 4.23. The van der Waals surface area contributed by atoms with Gasteiger partial charge in [0.15, 0.2) is 5.16 Å². The van der Waals surface area contributed by atoms with E-state index in [1.165, 1.54) is 31.5 Å². The average Bonchev–Trinajstić information content (AvgIpc) is 3.42. The fraction of sp³-hybridized carbons (Fsp3) is 0.800. The summed E-state index contributed by atoms with van der Waals surface area (Å²) in [6.45, 7) is 1.95. The maximum Gasteiger partial charge on any atom is 0.191 e. The lowest BCUT2D eigenvalue weighted by Crippen LogP contribution is -2.37. The number of hydrogen-bond donors (Lipinski definition) is 1. The molecule has 2 saturated carbocycles. The number of nitrogens with zero attached hydrogens (tertiary/aromatic N) is 4. The molecule has 2 aliphatic rings. The van der Waals surface area contributed by atoms with Crippen molar-refractivity contribution in [2.75, 3.05) is 12.8 Å². The predicted molar refractivity (Wildman–Crippen MR) is 83.3 cm³/mol. The average molecular weight is 305 g/mol. The van der Waals surface area contributed by atoms with Gasteiger partial charge in [-0.25, -0.2) is 0 Å². The third-order valence-corrected chi connectivity index (χ3v) is 5.43. The highest BCUT2D eigenvalue weighted by Crippen LogP contribution is 2.46. The van der Waals surface area contributed by atoms with Crippen molar-refractivity contribution in [2.24, 2.45) is 0 Å². The van der Waals surface area contributed by atoms with Gasteiger partial charge in [-0.05, 0) is 52.5 Å². The zero-order chi connectivity index (χ0) is 14.9. The molecule has 0 amide bonds. The van der Waals surface area contributed by atoms with E-state index in [1.54, 1.807) is 11.8 Å². The molecule has 2 fully saturated rings. The summed E-state index contributed by atoms with van der Waals surface area (Å²) in [4.78, 5) is 0. The van der Waals surface area contributed by atoms with E-state index in [4.69, 9.17) is 5.26 Å². The summed E-state index contributed by atoms with van der Waals surface area (Å²) < 4.78 is 2.39. The third kappa shape index (κ3) is 3.41. The predicted octanol–water partition coefficient (Wildman–Crippen LogP) is 2.86. The number of thioether (sulfide) groups is 1. The number of hydrogen-bond acceptors (Lipinski definition) is 5. The number of nitriles is 1. The summed E-state index contributed by atoms with van der Waals surface area (Å²) in [5.41, 5.74) is -0.413. The molecule has 114 valence electrons.